The number of hydrogen-bond acceptors (Lipinski definition) is 2. The highest BCUT2D eigenvalue weighted by Crippen LogP contribution is 2.19. The highest BCUT2D eigenvalue weighted by atomic mass is 15.2. The lowest BCUT2D eigenvalue weighted by Gasteiger charge is -2.30. The minimum Gasteiger partial charge on any atom is -0.369 e. The Hall–Kier alpha value is -1.02. The van der Waals surface area contributed by atoms with Crippen LogP contribution in [0.3, 0.4) is 0 Å². The van der Waals surface area contributed by atoms with Gasteiger partial charge in [0.25, 0.3) is 0 Å². The monoisotopic (exact) mass is 191 g/mol. The van der Waals surface area contributed by atoms with Crippen molar-refractivity contribution in [1.82, 2.24) is 5.32 Å². The van der Waals surface area contributed by atoms with E-state index < -0.39 is 68.3 Å². The standard InChI is InChI=1S/C11H16N2/c1-10-4-2-3-5-11(10)13-8-6-12-7-9-13/h2-5,12H,6-9H2,1H3/i1D3,2D,3D,4D,5D,6D2,7D2,8D2,9D2. The Morgan fingerprint density at radius 3 is 3.00 bits per heavy atom. The van der Waals surface area contributed by atoms with Crippen LogP contribution in [0.1, 0.15) is 26.1 Å². The molecule has 1 aliphatic heterocycles. The molecule has 0 amide bonds. The van der Waals surface area contributed by atoms with Crippen LogP contribution in [-0.2, 0) is 0 Å². The number of hydrogen-bond donors (Lipinski definition) is 1. The molecule has 1 saturated heterocycles. The van der Waals surface area contributed by atoms with Gasteiger partial charge in [-0.3, -0.25) is 0 Å². The van der Waals surface area contributed by atoms with E-state index >= 15 is 0 Å². The van der Waals surface area contributed by atoms with Crippen LogP contribution in [0.25, 0.3) is 0 Å². The number of nitrogens with zero attached hydrogens (tertiary/aromatic N) is 1. The van der Waals surface area contributed by atoms with Gasteiger partial charge in [-0.25, -0.2) is 0 Å². The molecule has 1 N–H and O–H groups in total. The zero-order valence-electron chi connectivity index (χ0n) is 21.4. The van der Waals surface area contributed by atoms with Crippen LogP contribution in [0.2, 0.25) is 0 Å². The van der Waals surface area contributed by atoms with Crippen LogP contribution in [-0.4, -0.2) is 26.0 Å². The molecule has 0 spiro atoms. The van der Waals surface area contributed by atoms with Gasteiger partial charge in [0.15, 0.2) is 0 Å². The molecular formula is C11H16N2. The maximum atomic E-state index is 8.06. The molecule has 1 aromatic rings. The van der Waals surface area contributed by atoms with Crippen molar-refractivity contribution in [2.75, 3.05) is 30.9 Å². The number of para-hydroxylation sites is 1. The summed E-state index contributed by atoms with van der Waals surface area (Å²) >= 11 is 0. The van der Waals surface area contributed by atoms with Crippen molar-refractivity contribution in [1.29, 1.82) is 0 Å². The smallest absolute Gasteiger partial charge is 0.0645 e. The van der Waals surface area contributed by atoms with Crippen molar-refractivity contribution in [3.63, 3.8) is 0 Å². The first kappa shape index (κ1) is 1.84. The Morgan fingerprint density at radius 1 is 1.46 bits per heavy atom. The summed E-state index contributed by atoms with van der Waals surface area (Å²) in [6, 6.07) is -4.17. The summed E-state index contributed by atoms with van der Waals surface area (Å²) in [5, 5.41) is 1.57. The van der Waals surface area contributed by atoms with Crippen molar-refractivity contribution in [2.24, 2.45) is 0 Å². The quantitative estimate of drug-likeness (QED) is 0.722. The third kappa shape index (κ3) is 1.83. The van der Waals surface area contributed by atoms with Gasteiger partial charge < -0.3 is 10.2 Å². The Labute approximate surface area is 101 Å². The van der Waals surface area contributed by atoms with Crippen LogP contribution in [0.4, 0.5) is 5.69 Å². The second kappa shape index (κ2) is 3.79. The fraction of sp³-hybridized carbons (Fsp3) is 0.455. The highest BCUT2D eigenvalue weighted by molar-refractivity contribution is 5.53. The largest absolute Gasteiger partial charge is 0.369 e. The Morgan fingerprint density at radius 2 is 2.23 bits per heavy atom. The van der Waals surface area contributed by atoms with Gasteiger partial charge in [-0.15, -0.1) is 0 Å². The van der Waals surface area contributed by atoms with E-state index in [-0.39, 0.29) is 4.90 Å². The van der Waals surface area contributed by atoms with E-state index in [9.17, 15) is 0 Å². The van der Waals surface area contributed by atoms with Crippen molar-refractivity contribution in [3.05, 3.63) is 29.7 Å². The Balaban J connectivity index is 3.07. The molecule has 0 bridgehead atoms. The first-order valence-electron chi connectivity index (χ1n) is 10.9. The molecule has 0 aliphatic carbocycles. The molecular weight excluding hydrogens is 160 g/mol. The number of anilines is 1. The van der Waals surface area contributed by atoms with Crippen LogP contribution in [0.15, 0.2) is 24.2 Å². The van der Waals surface area contributed by atoms with Crippen LogP contribution in [0.5, 0.6) is 0 Å². The molecule has 2 rings (SSSR count). The van der Waals surface area contributed by atoms with Gasteiger partial charge in [-0.1, -0.05) is 18.1 Å². The molecule has 1 fully saturated rings. The van der Waals surface area contributed by atoms with Gasteiger partial charge in [-0.2, -0.15) is 0 Å². The fourth-order valence-electron chi connectivity index (χ4n) is 0.812. The molecule has 0 radical (unpaired) electrons. The fourth-order valence-corrected chi connectivity index (χ4v) is 0.812. The van der Waals surface area contributed by atoms with E-state index in [1.54, 1.807) is 5.32 Å². The molecule has 1 heterocycles. The normalized spacial score (nSPS) is 50.8. The average Bonchev–Trinajstić information content (AvgIpc) is 2.46. The molecule has 2 heteroatoms. The van der Waals surface area contributed by atoms with Crippen molar-refractivity contribution in [3.8, 4) is 0 Å². The minimum absolute atomic E-state index is 0.184. The van der Waals surface area contributed by atoms with Crippen molar-refractivity contribution >= 4 is 5.69 Å². The van der Waals surface area contributed by atoms with Crippen LogP contribution >= 0.6 is 0 Å². The summed E-state index contributed by atoms with van der Waals surface area (Å²) in [5.74, 6) is 0. The molecule has 0 saturated carbocycles. The second-order valence-corrected chi connectivity index (χ2v) is 2.16. The van der Waals surface area contributed by atoms with Gasteiger partial charge in [-0.05, 0) is 18.5 Å². The third-order valence-electron chi connectivity index (χ3n) is 1.35. The van der Waals surface area contributed by atoms with Crippen LogP contribution < -0.4 is 10.2 Å². The minimum atomic E-state index is -3.44. The SMILES string of the molecule is [2H]c1c([2H])c([2H])c(C([2H])([2H])[2H])c(N2C([2H])([2H])C([2H])([2H])NC([2H])([2H])C2([2H])[2H])c1[2H]. The molecule has 0 atom stereocenters. The molecule has 1 aliphatic rings. The van der Waals surface area contributed by atoms with Gasteiger partial charge in [0.2, 0.25) is 0 Å². The summed E-state index contributed by atoms with van der Waals surface area (Å²) in [6.07, 6.45) is 0. The lowest BCUT2D eigenvalue weighted by Crippen LogP contribution is -2.43. The molecule has 0 unspecified atom stereocenters. The van der Waals surface area contributed by atoms with E-state index in [0.29, 0.717) is 0 Å². The molecule has 13 heavy (non-hydrogen) atoms. The summed E-state index contributed by atoms with van der Waals surface area (Å²) < 4.78 is 118. The lowest BCUT2D eigenvalue weighted by atomic mass is 10.1. The van der Waals surface area contributed by atoms with Gasteiger partial charge >= 0.3 is 0 Å². The maximum Gasteiger partial charge on any atom is 0.0645 e. The molecule has 2 nitrogen and oxygen atoms in total. The Bertz CT molecular complexity index is 785. The highest BCUT2D eigenvalue weighted by Gasteiger charge is 2.10. The van der Waals surface area contributed by atoms with Gasteiger partial charge in [0, 0.05) is 41.3 Å². The predicted molar refractivity (Wildman–Crippen MR) is 56.3 cm³/mol. The van der Waals surface area contributed by atoms with Crippen LogP contribution in [0, 0.1) is 6.85 Å². The zero-order valence-corrected chi connectivity index (χ0v) is 6.45. The van der Waals surface area contributed by atoms with Crippen molar-refractivity contribution in [2.45, 2.75) is 6.85 Å². The lowest BCUT2D eigenvalue weighted by molar-refractivity contribution is 0.588. The van der Waals surface area contributed by atoms with E-state index in [1.165, 1.54) is 0 Å². The molecule has 0 aromatic heterocycles. The summed E-state index contributed by atoms with van der Waals surface area (Å²) in [5.41, 5.74) is -2.31. The zero-order chi connectivity index (χ0) is 22.2. The number of rotatable bonds is 1. The predicted octanol–water partition coefficient (Wildman–Crippen LogP) is 1.40. The first-order valence-corrected chi connectivity index (χ1v) is 3.42. The van der Waals surface area contributed by atoms with Crippen molar-refractivity contribution < 1.29 is 20.6 Å². The number of benzene rings is 1. The van der Waals surface area contributed by atoms with Gasteiger partial charge in [0.1, 0.15) is 0 Å². The molecule has 1 aromatic carbocycles. The maximum absolute atomic E-state index is 8.06. The topological polar surface area (TPSA) is 15.3 Å². The van der Waals surface area contributed by atoms with E-state index in [1.807, 2.05) is 0 Å². The number of piperazine rings is 1. The molecule has 70 valence electrons. The summed E-state index contributed by atoms with van der Waals surface area (Å²) in [6.45, 7) is -16.7. The van der Waals surface area contributed by atoms with E-state index in [4.69, 9.17) is 20.6 Å². The van der Waals surface area contributed by atoms with Gasteiger partial charge in [0.05, 0.1) is 11.0 Å². The van der Waals surface area contributed by atoms with E-state index in [2.05, 4.69) is 0 Å². The Kier molecular flexibility index (Phi) is 0.538. The third-order valence-corrected chi connectivity index (χ3v) is 1.35. The first-order chi connectivity index (χ1) is 12.2. The summed E-state index contributed by atoms with van der Waals surface area (Å²) in [7, 11) is 0. The number of nitrogens with one attached hydrogen (secondary N) is 1. The van der Waals surface area contributed by atoms with E-state index in [0.717, 1.165) is 0 Å². The second-order valence-electron chi connectivity index (χ2n) is 2.16. The summed E-state index contributed by atoms with van der Waals surface area (Å²) in [4.78, 5) is -0.184. The average molecular weight is 191 g/mol.